The second kappa shape index (κ2) is 4.14. The van der Waals surface area contributed by atoms with E-state index in [1.54, 1.807) is 0 Å². The summed E-state index contributed by atoms with van der Waals surface area (Å²) in [6, 6.07) is 10.1. The van der Waals surface area contributed by atoms with Crippen molar-refractivity contribution in [3.8, 4) is 0 Å². The molecule has 1 N–H and O–H groups in total. The molecule has 0 aliphatic heterocycles. The minimum Gasteiger partial charge on any atom is -0.317 e. The zero-order valence-corrected chi connectivity index (χ0v) is 7.04. The van der Waals surface area contributed by atoms with Crippen LogP contribution in [0.5, 0.6) is 0 Å². The topological polar surface area (TPSA) is 12.0 Å². The third-order valence-corrected chi connectivity index (χ3v) is 1.70. The second-order valence-corrected chi connectivity index (χ2v) is 2.65. The molecule has 0 bridgehead atoms. The van der Waals surface area contributed by atoms with E-state index in [-0.39, 0.29) is 12.4 Å². The molecule has 2 atom stereocenters. The molecule has 0 spiro atoms. The minimum atomic E-state index is -0.170. The van der Waals surface area contributed by atoms with E-state index < -0.39 is 0 Å². The van der Waals surface area contributed by atoms with Gasteiger partial charge in [-0.05, 0) is 25.9 Å². The van der Waals surface area contributed by atoms with Crippen molar-refractivity contribution in [1.29, 1.82) is 0 Å². The fraction of sp³-hybridized carbons (Fsp3) is 0.400. The molecule has 0 radical (unpaired) electrons. The van der Waals surface area contributed by atoms with Gasteiger partial charge in [-0.3, -0.25) is 0 Å². The highest BCUT2D eigenvalue weighted by Crippen LogP contribution is 2.01. The molecule has 1 heteroatoms. The molecule has 0 aliphatic carbocycles. The van der Waals surface area contributed by atoms with Gasteiger partial charge in [0, 0.05) is 7.41 Å². The monoisotopic (exact) mass is 150 g/mol. The van der Waals surface area contributed by atoms with E-state index in [1.807, 2.05) is 44.3 Å². The molecule has 0 fully saturated rings. The summed E-state index contributed by atoms with van der Waals surface area (Å²) in [5.41, 5.74) is 1.07. The third-order valence-electron chi connectivity index (χ3n) is 1.70. The van der Waals surface area contributed by atoms with Crippen molar-refractivity contribution in [3.05, 3.63) is 35.9 Å². The van der Waals surface area contributed by atoms with Gasteiger partial charge >= 0.3 is 0 Å². The van der Waals surface area contributed by atoms with Crippen LogP contribution in [0.15, 0.2) is 30.3 Å². The maximum atomic E-state index is 7.86. The lowest BCUT2D eigenvalue weighted by atomic mass is 10.1. The number of hydrogen-bond acceptors (Lipinski definition) is 1. The van der Waals surface area contributed by atoms with Crippen LogP contribution in [0.4, 0.5) is 0 Å². The van der Waals surface area contributed by atoms with Gasteiger partial charge < -0.3 is 5.32 Å². The highest BCUT2D eigenvalue weighted by atomic mass is 14.8. The first-order valence-corrected chi connectivity index (χ1v) is 3.90. The summed E-state index contributed by atoms with van der Waals surface area (Å²) in [4.78, 5) is 0. The van der Waals surface area contributed by atoms with Crippen LogP contribution in [0, 0.1) is 0 Å². The molecule has 0 saturated carbocycles. The maximum absolute atomic E-state index is 7.86. The molecule has 0 saturated heterocycles. The second-order valence-electron chi connectivity index (χ2n) is 2.65. The molecule has 1 aromatic carbocycles. The van der Waals surface area contributed by atoms with Crippen molar-refractivity contribution in [1.82, 2.24) is 5.32 Å². The van der Waals surface area contributed by atoms with E-state index in [4.69, 9.17) is 1.37 Å². The van der Waals surface area contributed by atoms with Gasteiger partial charge in [0.25, 0.3) is 0 Å². The average Bonchev–Trinajstić information content (AvgIpc) is 2.17. The highest BCUT2D eigenvalue weighted by molar-refractivity contribution is 5.15. The van der Waals surface area contributed by atoms with Crippen LogP contribution >= 0.6 is 0 Å². The summed E-state index contributed by atoms with van der Waals surface area (Å²) in [7, 11) is 1.88. The lowest BCUT2D eigenvalue weighted by Gasteiger charge is -2.08. The Kier molecular flexibility index (Phi) is 2.58. The van der Waals surface area contributed by atoms with Crippen molar-refractivity contribution in [2.45, 2.75) is 19.4 Å². The summed E-state index contributed by atoms with van der Waals surface area (Å²) < 4.78 is 7.86. The summed E-state index contributed by atoms with van der Waals surface area (Å²) in [5, 5.41) is 3.08. The van der Waals surface area contributed by atoms with Gasteiger partial charge in [-0.15, -0.1) is 0 Å². The summed E-state index contributed by atoms with van der Waals surface area (Å²) in [6.45, 7) is 2.02. The van der Waals surface area contributed by atoms with Gasteiger partial charge in [-0.1, -0.05) is 30.3 Å². The predicted molar refractivity (Wildman–Crippen MR) is 48.7 cm³/mol. The van der Waals surface area contributed by atoms with Gasteiger partial charge in [0.2, 0.25) is 0 Å². The maximum Gasteiger partial charge on any atom is 0.0332 e. The highest BCUT2D eigenvalue weighted by Gasteiger charge is 1.97. The third kappa shape index (κ3) is 2.72. The van der Waals surface area contributed by atoms with E-state index in [0.29, 0.717) is 0 Å². The van der Waals surface area contributed by atoms with E-state index in [9.17, 15) is 0 Å². The number of likely N-dealkylation sites (N-methyl/N-ethyl adjacent to an activating group) is 1. The van der Waals surface area contributed by atoms with Crippen LogP contribution < -0.4 is 5.32 Å². The number of nitrogens with one attached hydrogen (secondary N) is 1. The Morgan fingerprint density at radius 2 is 2.09 bits per heavy atom. The number of benzene rings is 1. The molecular weight excluding hydrogens is 134 g/mol. The molecule has 0 aromatic heterocycles. The Hall–Kier alpha value is -0.820. The Labute approximate surface area is 69.8 Å². The van der Waals surface area contributed by atoms with Crippen molar-refractivity contribution < 1.29 is 1.37 Å². The zero-order chi connectivity index (χ0) is 8.97. The molecule has 0 heterocycles. The first kappa shape index (κ1) is 6.86. The van der Waals surface area contributed by atoms with Crippen LogP contribution in [0.3, 0.4) is 0 Å². The van der Waals surface area contributed by atoms with Gasteiger partial charge in [0.1, 0.15) is 0 Å². The standard InChI is InChI=1S/C10H15N/c1-9(11-2)8-10-6-4-3-5-7-10/h3-7,9,11H,8H2,1-2H3/t9-/m0/s1/i8D/t8-,9-. The van der Waals surface area contributed by atoms with E-state index >= 15 is 0 Å². The molecule has 1 aromatic rings. The fourth-order valence-electron chi connectivity index (χ4n) is 0.936. The van der Waals surface area contributed by atoms with Crippen LogP contribution in [0.25, 0.3) is 0 Å². The minimum absolute atomic E-state index is 0.170. The normalized spacial score (nSPS) is 17.1. The first-order valence-electron chi connectivity index (χ1n) is 4.48. The fourth-order valence-corrected chi connectivity index (χ4v) is 0.936. The quantitative estimate of drug-likeness (QED) is 0.693. The molecule has 0 amide bonds. The Balaban J connectivity index is 2.71. The average molecular weight is 150 g/mol. The van der Waals surface area contributed by atoms with Crippen molar-refractivity contribution in [3.63, 3.8) is 0 Å². The molecule has 11 heavy (non-hydrogen) atoms. The van der Waals surface area contributed by atoms with Gasteiger partial charge in [0.15, 0.2) is 0 Å². The molecule has 1 rings (SSSR count). The smallest absolute Gasteiger partial charge is 0.0332 e. The molecule has 60 valence electrons. The molecular formula is C10H15N. The van der Waals surface area contributed by atoms with E-state index in [1.165, 1.54) is 0 Å². The molecule has 0 unspecified atom stereocenters. The van der Waals surface area contributed by atoms with Crippen LogP contribution in [0.2, 0.25) is 0 Å². The summed E-state index contributed by atoms with van der Waals surface area (Å²) in [6.07, 6.45) is -0.170. The summed E-state index contributed by atoms with van der Waals surface area (Å²) in [5.74, 6) is 0. The lowest BCUT2D eigenvalue weighted by Crippen LogP contribution is -2.23. The van der Waals surface area contributed by atoms with E-state index in [2.05, 4.69) is 5.32 Å². The number of rotatable bonds is 3. The Bertz CT molecular complexity index is 223. The first-order chi connectivity index (χ1) is 5.75. The SMILES string of the molecule is [2H][C@H](c1ccccc1)[C@H](C)NC. The predicted octanol–water partition coefficient (Wildman–Crippen LogP) is 1.84. The zero-order valence-electron chi connectivity index (χ0n) is 8.04. The Morgan fingerprint density at radius 1 is 1.45 bits per heavy atom. The van der Waals surface area contributed by atoms with Gasteiger partial charge in [-0.2, -0.15) is 0 Å². The van der Waals surface area contributed by atoms with E-state index in [0.717, 1.165) is 5.56 Å². The molecule has 0 aliphatic rings. The number of hydrogen-bond donors (Lipinski definition) is 1. The van der Waals surface area contributed by atoms with Crippen molar-refractivity contribution >= 4 is 0 Å². The largest absolute Gasteiger partial charge is 0.317 e. The summed E-state index contributed by atoms with van der Waals surface area (Å²) >= 11 is 0. The van der Waals surface area contributed by atoms with Crippen molar-refractivity contribution in [2.75, 3.05) is 7.05 Å². The van der Waals surface area contributed by atoms with Gasteiger partial charge in [-0.25, -0.2) is 0 Å². The van der Waals surface area contributed by atoms with Crippen LogP contribution in [-0.2, 0) is 6.40 Å². The lowest BCUT2D eigenvalue weighted by molar-refractivity contribution is 0.608. The molecule has 1 nitrogen and oxygen atoms in total. The van der Waals surface area contributed by atoms with Crippen LogP contribution in [-0.4, -0.2) is 13.1 Å². The van der Waals surface area contributed by atoms with Crippen LogP contribution in [0.1, 0.15) is 13.9 Å². The van der Waals surface area contributed by atoms with Crippen molar-refractivity contribution in [2.24, 2.45) is 0 Å². The van der Waals surface area contributed by atoms with Gasteiger partial charge in [0.05, 0.1) is 0 Å². The Morgan fingerprint density at radius 3 is 2.64 bits per heavy atom.